The molecule has 1 heterocycles. The van der Waals surface area contributed by atoms with Crippen LogP contribution in [0.3, 0.4) is 0 Å². The Morgan fingerprint density at radius 3 is 2.56 bits per heavy atom. The summed E-state index contributed by atoms with van der Waals surface area (Å²) in [7, 11) is 3.18. The van der Waals surface area contributed by atoms with Gasteiger partial charge in [-0.25, -0.2) is 4.79 Å². The Kier molecular flexibility index (Phi) is 5.12. The molecule has 1 unspecified atom stereocenters. The number of anilines is 1. The summed E-state index contributed by atoms with van der Waals surface area (Å²) in [5.74, 6) is 1.27. The molecule has 0 bridgehead atoms. The van der Waals surface area contributed by atoms with Crippen molar-refractivity contribution in [2.45, 2.75) is 25.8 Å². The first-order valence-electron chi connectivity index (χ1n) is 8.48. The van der Waals surface area contributed by atoms with Crippen LogP contribution in [0.2, 0.25) is 0 Å². The van der Waals surface area contributed by atoms with Gasteiger partial charge in [-0.15, -0.1) is 0 Å². The average Bonchev–Trinajstić information content (AvgIpc) is 3.12. The van der Waals surface area contributed by atoms with Crippen LogP contribution in [0.25, 0.3) is 0 Å². The molecule has 2 amide bonds. The van der Waals surface area contributed by atoms with E-state index in [4.69, 9.17) is 9.47 Å². The van der Waals surface area contributed by atoms with Gasteiger partial charge in [-0.3, -0.25) is 0 Å². The van der Waals surface area contributed by atoms with Crippen LogP contribution in [0, 0.1) is 6.92 Å². The van der Waals surface area contributed by atoms with Crippen LogP contribution >= 0.6 is 0 Å². The molecule has 0 saturated carbocycles. The molecule has 2 aromatic rings. The summed E-state index contributed by atoms with van der Waals surface area (Å²) in [4.78, 5) is 14.7. The summed E-state index contributed by atoms with van der Waals surface area (Å²) < 4.78 is 10.6. The Morgan fingerprint density at radius 2 is 1.88 bits per heavy atom. The van der Waals surface area contributed by atoms with E-state index in [-0.39, 0.29) is 12.1 Å². The zero-order chi connectivity index (χ0) is 17.8. The number of carbonyl (C=O) groups excluding carboxylic acids is 1. The van der Waals surface area contributed by atoms with Crippen LogP contribution in [0.5, 0.6) is 11.5 Å². The Hall–Kier alpha value is -2.69. The third-order valence-electron chi connectivity index (χ3n) is 4.63. The number of benzene rings is 2. The number of rotatable bonds is 4. The van der Waals surface area contributed by atoms with Crippen molar-refractivity contribution in [1.82, 2.24) is 4.90 Å². The maximum absolute atomic E-state index is 12.8. The summed E-state index contributed by atoms with van der Waals surface area (Å²) >= 11 is 0. The van der Waals surface area contributed by atoms with Crippen molar-refractivity contribution in [3.63, 3.8) is 0 Å². The van der Waals surface area contributed by atoms with Crippen molar-refractivity contribution < 1.29 is 14.3 Å². The molecule has 1 aliphatic rings. The molecule has 1 atom stereocenters. The second-order valence-electron chi connectivity index (χ2n) is 6.26. The fourth-order valence-electron chi connectivity index (χ4n) is 3.23. The van der Waals surface area contributed by atoms with Crippen molar-refractivity contribution in [2.24, 2.45) is 0 Å². The first-order valence-corrected chi connectivity index (χ1v) is 8.48. The Morgan fingerprint density at radius 1 is 1.12 bits per heavy atom. The van der Waals surface area contributed by atoms with Crippen molar-refractivity contribution in [3.05, 3.63) is 53.6 Å². The Bertz CT molecular complexity index is 743. The number of hydrogen-bond acceptors (Lipinski definition) is 3. The first-order chi connectivity index (χ1) is 12.1. The fourth-order valence-corrected chi connectivity index (χ4v) is 3.23. The molecule has 1 N–H and O–H groups in total. The van der Waals surface area contributed by atoms with Gasteiger partial charge in [0.15, 0.2) is 0 Å². The predicted molar refractivity (Wildman–Crippen MR) is 98.4 cm³/mol. The first kappa shape index (κ1) is 17.1. The van der Waals surface area contributed by atoms with E-state index < -0.39 is 0 Å². The number of carbonyl (C=O) groups is 1. The van der Waals surface area contributed by atoms with Gasteiger partial charge in [-0.2, -0.15) is 0 Å². The third-order valence-corrected chi connectivity index (χ3v) is 4.63. The monoisotopic (exact) mass is 340 g/mol. The highest BCUT2D eigenvalue weighted by atomic mass is 16.5. The average molecular weight is 340 g/mol. The lowest BCUT2D eigenvalue weighted by atomic mass is 10.0. The molecule has 0 aromatic heterocycles. The van der Waals surface area contributed by atoms with Crippen molar-refractivity contribution >= 4 is 11.7 Å². The molecule has 132 valence electrons. The van der Waals surface area contributed by atoms with Crippen molar-refractivity contribution in [2.75, 3.05) is 26.1 Å². The molecule has 5 heteroatoms. The lowest BCUT2D eigenvalue weighted by Gasteiger charge is -2.26. The highest BCUT2D eigenvalue weighted by Gasteiger charge is 2.30. The number of urea groups is 1. The summed E-state index contributed by atoms with van der Waals surface area (Å²) in [6.07, 6.45) is 1.99. The molecule has 1 saturated heterocycles. The highest BCUT2D eigenvalue weighted by molar-refractivity contribution is 5.91. The fraction of sp³-hybridized carbons (Fsp3) is 0.350. The number of nitrogens with one attached hydrogen (secondary N) is 1. The minimum Gasteiger partial charge on any atom is -0.497 e. The number of nitrogens with zero attached hydrogens (tertiary/aromatic N) is 1. The van der Waals surface area contributed by atoms with Crippen LogP contribution in [-0.4, -0.2) is 31.7 Å². The van der Waals surface area contributed by atoms with E-state index in [2.05, 4.69) is 36.5 Å². The van der Waals surface area contributed by atoms with Gasteiger partial charge in [-0.05, 0) is 37.5 Å². The minimum atomic E-state index is -0.105. The van der Waals surface area contributed by atoms with E-state index in [0.29, 0.717) is 17.2 Å². The topological polar surface area (TPSA) is 50.8 Å². The third kappa shape index (κ3) is 3.71. The molecule has 1 fully saturated rings. The van der Waals surface area contributed by atoms with Gasteiger partial charge in [-0.1, -0.05) is 29.8 Å². The number of likely N-dealkylation sites (tertiary alicyclic amines) is 1. The van der Waals surface area contributed by atoms with E-state index >= 15 is 0 Å². The lowest BCUT2D eigenvalue weighted by molar-refractivity contribution is 0.207. The molecular formula is C20H24N2O3. The van der Waals surface area contributed by atoms with E-state index in [1.807, 2.05) is 4.90 Å². The molecule has 1 aliphatic heterocycles. The second kappa shape index (κ2) is 7.47. The smallest absolute Gasteiger partial charge is 0.322 e. The van der Waals surface area contributed by atoms with Crippen molar-refractivity contribution in [3.8, 4) is 11.5 Å². The number of ether oxygens (including phenoxy) is 2. The highest BCUT2D eigenvalue weighted by Crippen LogP contribution is 2.34. The van der Waals surface area contributed by atoms with Crippen LogP contribution < -0.4 is 14.8 Å². The van der Waals surface area contributed by atoms with E-state index in [9.17, 15) is 4.79 Å². The normalized spacial score (nSPS) is 16.6. The summed E-state index contributed by atoms with van der Waals surface area (Å²) in [5.41, 5.74) is 3.04. The summed E-state index contributed by atoms with van der Waals surface area (Å²) in [6.45, 7) is 2.82. The Balaban J connectivity index is 1.77. The van der Waals surface area contributed by atoms with Gasteiger partial charge in [0.05, 0.1) is 25.9 Å². The predicted octanol–water partition coefficient (Wildman–Crippen LogP) is 4.38. The molecule has 0 aliphatic carbocycles. The lowest BCUT2D eigenvalue weighted by Crippen LogP contribution is -2.34. The zero-order valence-corrected chi connectivity index (χ0v) is 14.9. The van der Waals surface area contributed by atoms with Crippen LogP contribution in [0.4, 0.5) is 10.5 Å². The van der Waals surface area contributed by atoms with E-state index in [1.54, 1.807) is 32.4 Å². The molecule has 0 spiro atoms. The molecule has 2 aromatic carbocycles. The number of methoxy groups -OCH3 is 2. The molecule has 5 nitrogen and oxygen atoms in total. The minimum absolute atomic E-state index is 0.105. The van der Waals surface area contributed by atoms with Crippen LogP contribution in [0.15, 0.2) is 42.5 Å². The maximum Gasteiger partial charge on any atom is 0.322 e. The van der Waals surface area contributed by atoms with Gasteiger partial charge >= 0.3 is 6.03 Å². The van der Waals surface area contributed by atoms with E-state index in [0.717, 1.165) is 19.4 Å². The summed E-state index contributed by atoms with van der Waals surface area (Å²) in [5, 5.41) is 2.97. The quantitative estimate of drug-likeness (QED) is 0.898. The second-order valence-corrected chi connectivity index (χ2v) is 6.26. The molecule has 3 rings (SSSR count). The maximum atomic E-state index is 12.8. The molecular weight excluding hydrogens is 316 g/mol. The van der Waals surface area contributed by atoms with Gasteiger partial charge < -0.3 is 19.7 Å². The van der Waals surface area contributed by atoms with Gasteiger partial charge in [0, 0.05) is 12.6 Å². The van der Waals surface area contributed by atoms with Gasteiger partial charge in [0.1, 0.15) is 11.5 Å². The standard InChI is InChI=1S/C20H24N2O3/c1-14-6-8-15(9-7-14)18-5-4-12-22(18)20(23)21-17-11-10-16(24-2)13-19(17)25-3/h6-11,13,18H,4-5,12H2,1-3H3,(H,21,23). The molecule has 25 heavy (non-hydrogen) atoms. The number of hydrogen-bond donors (Lipinski definition) is 1. The summed E-state index contributed by atoms with van der Waals surface area (Å²) in [6, 6.07) is 13.8. The largest absolute Gasteiger partial charge is 0.497 e. The van der Waals surface area contributed by atoms with E-state index in [1.165, 1.54) is 11.1 Å². The van der Waals surface area contributed by atoms with Gasteiger partial charge in [0.25, 0.3) is 0 Å². The van der Waals surface area contributed by atoms with Crippen LogP contribution in [-0.2, 0) is 0 Å². The molecule has 0 radical (unpaired) electrons. The SMILES string of the molecule is COc1ccc(NC(=O)N2CCCC2c2ccc(C)cc2)c(OC)c1. The van der Waals surface area contributed by atoms with Crippen molar-refractivity contribution in [1.29, 1.82) is 0 Å². The van der Waals surface area contributed by atoms with Gasteiger partial charge in [0.2, 0.25) is 0 Å². The Labute approximate surface area is 148 Å². The number of aryl methyl sites for hydroxylation is 1. The number of amides is 2. The zero-order valence-electron chi connectivity index (χ0n) is 14.9. The van der Waals surface area contributed by atoms with Crippen LogP contribution in [0.1, 0.15) is 30.0 Å².